The van der Waals surface area contributed by atoms with Crippen molar-refractivity contribution in [1.29, 1.82) is 0 Å². The fraction of sp³-hybridized carbons (Fsp3) is 0.800. The summed E-state index contributed by atoms with van der Waals surface area (Å²) in [4.78, 5) is 0. The van der Waals surface area contributed by atoms with E-state index in [4.69, 9.17) is 6.42 Å². The normalized spacial score (nSPS) is 11.4. The Morgan fingerprint density at radius 1 is 1.42 bits per heavy atom. The molecule has 1 nitrogen and oxygen atoms in total. The third-order valence-electron chi connectivity index (χ3n) is 1.79. The Bertz CT molecular complexity index is 117. The quantitative estimate of drug-likeness (QED) is 0.501. The lowest BCUT2D eigenvalue weighted by molar-refractivity contribution is 0.512. The summed E-state index contributed by atoms with van der Waals surface area (Å²) in [6.45, 7) is 5.11. The number of nitrogens with one attached hydrogen (secondary N) is 1. The van der Waals surface area contributed by atoms with E-state index in [1.54, 1.807) is 0 Å². The van der Waals surface area contributed by atoms with Gasteiger partial charge in [-0.05, 0) is 13.3 Å². The van der Waals surface area contributed by atoms with Crippen LogP contribution in [0.3, 0.4) is 0 Å². The van der Waals surface area contributed by atoms with Gasteiger partial charge >= 0.3 is 0 Å². The molecule has 0 saturated carbocycles. The Balaban J connectivity index is 0. The lowest BCUT2D eigenvalue weighted by Crippen LogP contribution is -2.25. The standard InChI is InChI=1S/C10H19N.ClH/c1-4-6-7-8-10(3)11-9-5-2;/h2,10-11H,4,6-9H2,1,3H3;1H. The predicted octanol–water partition coefficient (Wildman–Crippen LogP) is 2.60. The van der Waals surface area contributed by atoms with E-state index in [2.05, 4.69) is 25.1 Å². The highest BCUT2D eigenvalue weighted by atomic mass is 35.5. The van der Waals surface area contributed by atoms with Crippen LogP contribution in [0, 0.1) is 12.3 Å². The van der Waals surface area contributed by atoms with Crippen LogP contribution < -0.4 is 5.32 Å². The minimum Gasteiger partial charge on any atom is -0.304 e. The van der Waals surface area contributed by atoms with Crippen molar-refractivity contribution in [3.8, 4) is 12.3 Å². The molecule has 1 N–H and O–H groups in total. The average molecular weight is 190 g/mol. The van der Waals surface area contributed by atoms with E-state index < -0.39 is 0 Å². The summed E-state index contributed by atoms with van der Waals surface area (Å²) in [6.07, 6.45) is 10.3. The van der Waals surface area contributed by atoms with E-state index in [0.717, 1.165) is 0 Å². The maximum atomic E-state index is 5.12. The van der Waals surface area contributed by atoms with Crippen molar-refractivity contribution < 1.29 is 0 Å². The topological polar surface area (TPSA) is 12.0 Å². The first kappa shape index (κ1) is 14.3. The van der Waals surface area contributed by atoms with Crippen LogP contribution in [0.5, 0.6) is 0 Å². The second kappa shape index (κ2) is 10.8. The highest BCUT2D eigenvalue weighted by Gasteiger charge is 1.97. The molecule has 0 bridgehead atoms. The molecule has 2 heteroatoms. The number of halogens is 1. The zero-order valence-electron chi connectivity index (χ0n) is 8.10. The zero-order valence-corrected chi connectivity index (χ0v) is 8.91. The average Bonchev–Trinajstić information content (AvgIpc) is 2.01. The van der Waals surface area contributed by atoms with Gasteiger partial charge in [0.2, 0.25) is 0 Å². The van der Waals surface area contributed by atoms with E-state index >= 15 is 0 Å². The van der Waals surface area contributed by atoms with Gasteiger partial charge in [-0.15, -0.1) is 18.8 Å². The Morgan fingerprint density at radius 3 is 2.58 bits per heavy atom. The molecular weight excluding hydrogens is 170 g/mol. The highest BCUT2D eigenvalue weighted by molar-refractivity contribution is 5.85. The van der Waals surface area contributed by atoms with Crippen LogP contribution in [0.15, 0.2) is 0 Å². The lowest BCUT2D eigenvalue weighted by Gasteiger charge is -2.10. The summed E-state index contributed by atoms with van der Waals surface area (Å²) in [5.41, 5.74) is 0. The van der Waals surface area contributed by atoms with E-state index in [1.807, 2.05) is 0 Å². The summed E-state index contributed by atoms with van der Waals surface area (Å²) in [5.74, 6) is 2.58. The molecule has 0 rings (SSSR count). The Labute approximate surface area is 82.7 Å². The summed E-state index contributed by atoms with van der Waals surface area (Å²) in [6, 6.07) is 0.581. The maximum absolute atomic E-state index is 5.12. The number of hydrogen-bond acceptors (Lipinski definition) is 1. The molecule has 0 heterocycles. The number of rotatable bonds is 6. The molecule has 12 heavy (non-hydrogen) atoms. The largest absolute Gasteiger partial charge is 0.304 e. The van der Waals surface area contributed by atoms with Gasteiger partial charge in [-0.1, -0.05) is 32.1 Å². The Hall–Kier alpha value is -0.190. The number of terminal acetylenes is 1. The second-order valence-corrected chi connectivity index (χ2v) is 2.98. The fourth-order valence-corrected chi connectivity index (χ4v) is 1.04. The third-order valence-corrected chi connectivity index (χ3v) is 1.79. The zero-order chi connectivity index (χ0) is 8.53. The third kappa shape index (κ3) is 9.81. The van der Waals surface area contributed by atoms with E-state index in [9.17, 15) is 0 Å². The summed E-state index contributed by atoms with van der Waals surface area (Å²) < 4.78 is 0. The maximum Gasteiger partial charge on any atom is 0.0575 e. The van der Waals surface area contributed by atoms with Crippen LogP contribution in [0.1, 0.15) is 39.5 Å². The van der Waals surface area contributed by atoms with Crippen molar-refractivity contribution in [3.05, 3.63) is 0 Å². The number of unbranched alkanes of at least 4 members (excludes halogenated alkanes) is 2. The molecule has 1 atom stereocenters. The van der Waals surface area contributed by atoms with Crippen LogP contribution in [-0.2, 0) is 0 Å². The van der Waals surface area contributed by atoms with Crippen LogP contribution in [-0.4, -0.2) is 12.6 Å². The Morgan fingerprint density at radius 2 is 2.08 bits per heavy atom. The molecule has 0 fully saturated rings. The first-order chi connectivity index (χ1) is 5.31. The van der Waals surface area contributed by atoms with Crippen LogP contribution >= 0.6 is 12.4 Å². The van der Waals surface area contributed by atoms with Crippen molar-refractivity contribution in [2.24, 2.45) is 0 Å². The summed E-state index contributed by atoms with van der Waals surface area (Å²) >= 11 is 0. The van der Waals surface area contributed by atoms with Crippen LogP contribution in [0.25, 0.3) is 0 Å². The molecule has 0 aromatic heterocycles. The van der Waals surface area contributed by atoms with Crippen molar-refractivity contribution in [2.75, 3.05) is 6.54 Å². The predicted molar refractivity (Wildman–Crippen MR) is 57.7 cm³/mol. The van der Waals surface area contributed by atoms with Gasteiger partial charge in [0, 0.05) is 6.04 Å². The van der Waals surface area contributed by atoms with Crippen molar-refractivity contribution in [2.45, 2.75) is 45.6 Å². The smallest absolute Gasteiger partial charge is 0.0575 e. The monoisotopic (exact) mass is 189 g/mol. The molecule has 0 aliphatic heterocycles. The Kier molecular flexibility index (Phi) is 12.9. The van der Waals surface area contributed by atoms with Gasteiger partial charge in [-0.2, -0.15) is 0 Å². The summed E-state index contributed by atoms with van der Waals surface area (Å²) in [7, 11) is 0. The molecule has 0 aliphatic carbocycles. The lowest BCUT2D eigenvalue weighted by atomic mass is 10.1. The van der Waals surface area contributed by atoms with Crippen molar-refractivity contribution >= 4 is 12.4 Å². The molecular formula is C10H20ClN. The molecule has 1 unspecified atom stereocenters. The van der Waals surface area contributed by atoms with Crippen molar-refractivity contribution in [3.63, 3.8) is 0 Å². The van der Waals surface area contributed by atoms with E-state index in [1.165, 1.54) is 25.7 Å². The SMILES string of the molecule is C#CCNC(C)CCCCC.Cl. The van der Waals surface area contributed by atoms with Gasteiger partial charge in [0.25, 0.3) is 0 Å². The molecule has 0 aromatic carbocycles. The second-order valence-electron chi connectivity index (χ2n) is 2.98. The van der Waals surface area contributed by atoms with Gasteiger partial charge in [-0.25, -0.2) is 0 Å². The summed E-state index contributed by atoms with van der Waals surface area (Å²) in [5, 5.41) is 3.26. The molecule has 72 valence electrons. The highest BCUT2D eigenvalue weighted by Crippen LogP contribution is 2.01. The van der Waals surface area contributed by atoms with Crippen LogP contribution in [0.2, 0.25) is 0 Å². The van der Waals surface area contributed by atoms with Gasteiger partial charge in [0.05, 0.1) is 6.54 Å². The molecule has 0 spiro atoms. The number of hydrogen-bond donors (Lipinski definition) is 1. The molecule has 0 saturated heterocycles. The molecule has 0 aromatic rings. The minimum absolute atomic E-state index is 0. The molecule has 0 amide bonds. The van der Waals surface area contributed by atoms with E-state index in [-0.39, 0.29) is 12.4 Å². The molecule has 0 aliphatic rings. The fourth-order valence-electron chi connectivity index (χ4n) is 1.04. The van der Waals surface area contributed by atoms with E-state index in [0.29, 0.717) is 12.6 Å². The minimum atomic E-state index is 0. The molecule has 0 radical (unpaired) electrons. The first-order valence-electron chi connectivity index (χ1n) is 4.48. The van der Waals surface area contributed by atoms with Crippen LogP contribution in [0.4, 0.5) is 0 Å². The van der Waals surface area contributed by atoms with Gasteiger partial charge in [0.15, 0.2) is 0 Å². The van der Waals surface area contributed by atoms with Crippen molar-refractivity contribution in [1.82, 2.24) is 5.32 Å². The van der Waals surface area contributed by atoms with Gasteiger partial charge < -0.3 is 5.32 Å². The first-order valence-corrected chi connectivity index (χ1v) is 4.48. The van der Waals surface area contributed by atoms with Gasteiger partial charge in [-0.3, -0.25) is 0 Å². The van der Waals surface area contributed by atoms with Gasteiger partial charge in [0.1, 0.15) is 0 Å².